The molecule has 5 nitrogen and oxygen atoms in total. The van der Waals surface area contributed by atoms with Gasteiger partial charge in [0.2, 0.25) is 0 Å². The maximum Gasteiger partial charge on any atom is 0.356 e. The molecule has 0 amide bonds. The molecule has 0 atom stereocenters. The maximum absolute atomic E-state index is 11.0. The van der Waals surface area contributed by atoms with Crippen LogP contribution in [0.2, 0.25) is 0 Å². The van der Waals surface area contributed by atoms with Crippen molar-refractivity contribution < 1.29 is 14.6 Å². The van der Waals surface area contributed by atoms with E-state index in [-0.39, 0.29) is 5.69 Å². The number of hydrogen-bond donors (Lipinski definition) is 1. The van der Waals surface area contributed by atoms with Gasteiger partial charge in [-0.15, -0.1) is 0 Å². The molecule has 104 valence electrons. The van der Waals surface area contributed by atoms with Crippen molar-refractivity contribution in [3.05, 3.63) is 35.5 Å². The zero-order valence-electron chi connectivity index (χ0n) is 11.5. The first-order valence-corrected chi connectivity index (χ1v) is 6.56. The van der Waals surface area contributed by atoms with Crippen molar-refractivity contribution in [2.75, 3.05) is 7.11 Å². The highest BCUT2D eigenvalue weighted by atomic mass is 16.5. The van der Waals surface area contributed by atoms with Crippen molar-refractivity contribution in [3.8, 4) is 17.0 Å². The number of ether oxygens (including phenoxy) is 1. The predicted molar refractivity (Wildman–Crippen MR) is 74.1 cm³/mol. The molecule has 1 aromatic carbocycles. The van der Waals surface area contributed by atoms with Gasteiger partial charge in [0.15, 0.2) is 5.69 Å². The van der Waals surface area contributed by atoms with Crippen molar-refractivity contribution in [1.82, 2.24) is 9.78 Å². The Hall–Kier alpha value is -2.30. The summed E-state index contributed by atoms with van der Waals surface area (Å²) in [6.45, 7) is 0. The fourth-order valence-corrected chi connectivity index (χ4v) is 2.44. The molecule has 1 aliphatic carbocycles. The molecule has 1 aliphatic rings. The van der Waals surface area contributed by atoms with E-state index in [1.807, 2.05) is 12.1 Å². The summed E-state index contributed by atoms with van der Waals surface area (Å²) in [6.07, 6.45) is 2.43. The maximum atomic E-state index is 11.0. The lowest BCUT2D eigenvalue weighted by Crippen LogP contribution is -1.99. The van der Waals surface area contributed by atoms with Gasteiger partial charge in [-0.25, -0.2) is 4.79 Å². The Morgan fingerprint density at radius 1 is 1.40 bits per heavy atom. The van der Waals surface area contributed by atoms with Gasteiger partial charge in [0.05, 0.1) is 12.8 Å². The largest absolute Gasteiger partial charge is 0.496 e. The molecule has 1 fully saturated rings. The van der Waals surface area contributed by atoms with Gasteiger partial charge < -0.3 is 9.84 Å². The summed E-state index contributed by atoms with van der Waals surface area (Å²) in [6, 6.07) is 7.60. The van der Waals surface area contributed by atoms with Gasteiger partial charge in [0.25, 0.3) is 0 Å². The summed E-state index contributed by atoms with van der Waals surface area (Å²) in [5.74, 6) is 0.455. The first-order chi connectivity index (χ1) is 9.60. The number of methoxy groups -OCH3 is 1. The molecule has 5 heteroatoms. The van der Waals surface area contributed by atoms with Gasteiger partial charge in [0, 0.05) is 12.6 Å². The zero-order chi connectivity index (χ0) is 14.3. The zero-order valence-corrected chi connectivity index (χ0v) is 11.5. The Bertz CT molecular complexity index is 672. The Labute approximate surface area is 116 Å². The number of carboxylic acid groups (broad SMARTS) is 1. The Balaban J connectivity index is 2.03. The second-order valence-electron chi connectivity index (χ2n) is 5.07. The minimum atomic E-state index is -1.02. The second kappa shape index (κ2) is 4.67. The topological polar surface area (TPSA) is 64.3 Å². The summed E-state index contributed by atoms with van der Waals surface area (Å²) in [5.41, 5.74) is 2.96. The van der Waals surface area contributed by atoms with E-state index in [4.69, 9.17) is 9.84 Å². The first kappa shape index (κ1) is 12.7. The van der Waals surface area contributed by atoms with E-state index in [1.165, 1.54) is 18.4 Å². The highest BCUT2D eigenvalue weighted by Gasteiger charge is 2.27. The van der Waals surface area contributed by atoms with Gasteiger partial charge >= 0.3 is 5.97 Å². The van der Waals surface area contributed by atoms with Crippen molar-refractivity contribution in [3.63, 3.8) is 0 Å². The number of benzene rings is 1. The lowest BCUT2D eigenvalue weighted by molar-refractivity contribution is 0.0689. The van der Waals surface area contributed by atoms with E-state index in [1.54, 1.807) is 24.9 Å². The van der Waals surface area contributed by atoms with Crippen LogP contribution in [-0.4, -0.2) is 28.0 Å². The summed E-state index contributed by atoms with van der Waals surface area (Å²) < 4.78 is 7.04. The van der Waals surface area contributed by atoms with Crippen LogP contribution in [0.3, 0.4) is 0 Å². The van der Waals surface area contributed by atoms with Crippen LogP contribution in [0.25, 0.3) is 11.3 Å². The summed E-state index contributed by atoms with van der Waals surface area (Å²) in [7, 11) is 3.40. The number of carboxylic acids is 1. The van der Waals surface area contributed by atoms with Gasteiger partial charge in [-0.2, -0.15) is 5.10 Å². The Morgan fingerprint density at radius 2 is 2.15 bits per heavy atom. The highest BCUT2D eigenvalue weighted by molar-refractivity contribution is 5.87. The van der Waals surface area contributed by atoms with Crippen LogP contribution in [0, 0.1) is 0 Å². The van der Waals surface area contributed by atoms with Gasteiger partial charge in [-0.05, 0) is 36.5 Å². The van der Waals surface area contributed by atoms with Crippen LogP contribution in [0.1, 0.15) is 34.8 Å². The van der Waals surface area contributed by atoms with Crippen molar-refractivity contribution >= 4 is 5.97 Å². The van der Waals surface area contributed by atoms with Crippen LogP contribution in [0.5, 0.6) is 5.75 Å². The van der Waals surface area contributed by atoms with Crippen LogP contribution < -0.4 is 4.74 Å². The molecule has 1 saturated carbocycles. The predicted octanol–water partition coefficient (Wildman–Crippen LogP) is 2.67. The van der Waals surface area contributed by atoms with E-state index >= 15 is 0 Å². The average Bonchev–Trinajstić information content (AvgIpc) is 3.20. The molecule has 0 bridgehead atoms. The molecule has 20 heavy (non-hydrogen) atoms. The SMILES string of the molecule is COc1cc(-c2cc(C(=O)O)nn2C)ccc1C1CC1. The van der Waals surface area contributed by atoms with E-state index in [0.717, 1.165) is 17.0 Å². The molecule has 0 radical (unpaired) electrons. The van der Waals surface area contributed by atoms with Crippen molar-refractivity contribution in [2.24, 2.45) is 7.05 Å². The lowest BCUT2D eigenvalue weighted by atomic mass is 10.0. The molecule has 1 N–H and O–H groups in total. The third-order valence-electron chi connectivity index (χ3n) is 3.65. The van der Waals surface area contributed by atoms with Crippen LogP contribution >= 0.6 is 0 Å². The van der Waals surface area contributed by atoms with Crippen LogP contribution in [-0.2, 0) is 7.05 Å². The smallest absolute Gasteiger partial charge is 0.356 e. The van der Waals surface area contributed by atoms with Crippen molar-refractivity contribution in [1.29, 1.82) is 0 Å². The minimum absolute atomic E-state index is 0.0488. The van der Waals surface area contributed by atoms with E-state index in [2.05, 4.69) is 11.2 Å². The standard InChI is InChI=1S/C15H16N2O3/c1-17-13(8-12(16-17)15(18)19)10-5-6-11(9-3-4-9)14(7-10)20-2/h5-9H,3-4H2,1-2H3,(H,18,19). The second-order valence-corrected chi connectivity index (χ2v) is 5.07. The lowest BCUT2D eigenvalue weighted by Gasteiger charge is -2.10. The number of carbonyl (C=O) groups is 1. The number of aromatic carboxylic acids is 1. The number of nitrogens with zero attached hydrogens (tertiary/aromatic N) is 2. The number of hydrogen-bond acceptors (Lipinski definition) is 3. The van der Waals surface area contributed by atoms with Gasteiger partial charge in [-0.1, -0.05) is 12.1 Å². The Morgan fingerprint density at radius 3 is 2.70 bits per heavy atom. The molecule has 2 aromatic rings. The number of rotatable bonds is 4. The quantitative estimate of drug-likeness (QED) is 0.929. The number of aryl methyl sites for hydroxylation is 1. The molecule has 0 aliphatic heterocycles. The number of aromatic nitrogens is 2. The molecular formula is C15H16N2O3. The van der Waals surface area contributed by atoms with Gasteiger partial charge in [-0.3, -0.25) is 4.68 Å². The fourth-order valence-electron chi connectivity index (χ4n) is 2.44. The fraction of sp³-hybridized carbons (Fsp3) is 0.333. The van der Waals surface area contributed by atoms with Gasteiger partial charge in [0.1, 0.15) is 5.75 Å². The molecule has 0 unspecified atom stereocenters. The monoisotopic (exact) mass is 272 g/mol. The molecular weight excluding hydrogens is 256 g/mol. The highest BCUT2D eigenvalue weighted by Crippen LogP contribution is 2.45. The van der Waals surface area contributed by atoms with Crippen LogP contribution in [0.15, 0.2) is 24.3 Å². The van der Waals surface area contributed by atoms with Crippen LogP contribution in [0.4, 0.5) is 0 Å². The summed E-state index contributed by atoms with van der Waals surface area (Å²) in [5, 5.41) is 13.0. The van der Waals surface area contributed by atoms with Crippen molar-refractivity contribution in [2.45, 2.75) is 18.8 Å². The normalized spacial score (nSPS) is 14.3. The third-order valence-corrected chi connectivity index (χ3v) is 3.65. The third kappa shape index (κ3) is 2.15. The first-order valence-electron chi connectivity index (χ1n) is 6.56. The molecule has 1 aromatic heterocycles. The Kier molecular flexibility index (Phi) is 2.97. The average molecular weight is 272 g/mol. The molecule has 0 saturated heterocycles. The molecule has 3 rings (SSSR count). The summed E-state index contributed by atoms with van der Waals surface area (Å²) >= 11 is 0. The van der Waals surface area contributed by atoms with E-state index in [9.17, 15) is 4.79 Å². The minimum Gasteiger partial charge on any atom is -0.496 e. The molecule has 1 heterocycles. The summed E-state index contributed by atoms with van der Waals surface area (Å²) in [4.78, 5) is 11.0. The van der Waals surface area contributed by atoms with E-state index in [0.29, 0.717) is 5.92 Å². The molecule has 0 spiro atoms. The van der Waals surface area contributed by atoms with E-state index < -0.39 is 5.97 Å².